The highest BCUT2D eigenvalue weighted by Crippen LogP contribution is 2.54. The second-order valence-corrected chi connectivity index (χ2v) is 14.3. The summed E-state index contributed by atoms with van der Waals surface area (Å²) in [5.41, 5.74) is 1.04. The number of benzene rings is 2. The molecule has 5 rings (SSSR count). The summed E-state index contributed by atoms with van der Waals surface area (Å²) >= 11 is 12.7. The van der Waals surface area contributed by atoms with Crippen molar-refractivity contribution in [3.8, 4) is 0 Å². The molecule has 3 aromatic rings. The molecule has 1 aromatic heterocycles. The summed E-state index contributed by atoms with van der Waals surface area (Å²) in [4.78, 5) is 32.3. The molecule has 8 nitrogen and oxygen atoms in total. The predicted molar refractivity (Wildman–Crippen MR) is 162 cm³/mol. The Labute approximate surface area is 256 Å². The van der Waals surface area contributed by atoms with Crippen LogP contribution in [0, 0.1) is 11.3 Å². The largest absolute Gasteiger partial charge is 0.481 e. The molecule has 4 atom stereocenters. The number of carbonyl (C=O) groups is 2. The van der Waals surface area contributed by atoms with Crippen molar-refractivity contribution >= 4 is 45.1 Å². The Kier molecular flexibility index (Phi) is 8.94. The third-order valence-corrected chi connectivity index (χ3v) is 10.1. The molecule has 2 aliphatic rings. The van der Waals surface area contributed by atoms with E-state index in [4.69, 9.17) is 23.2 Å². The van der Waals surface area contributed by atoms with Crippen molar-refractivity contribution in [2.24, 2.45) is 11.3 Å². The molecule has 42 heavy (non-hydrogen) atoms. The number of pyridine rings is 1. The van der Waals surface area contributed by atoms with E-state index in [-0.39, 0.29) is 42.9 Å². The number of aliphatic carboxylic acids is 1. The maximum atomic E-state index is 14.5. The molecule has 11 heteroatoms. The monoisotopic (exact) mass is 629 g/mol. The fourth-order valence-electron chi connectivity index (χ4n) is 6.18. The number of halogens is 2. The minimum Gasteiger partial charge on any atom is -0.481 e. The van der Waals surface area contributed by atoms with Gasteiger partial charge in [-0.2, -0.15) is 0 Å². The highest BCUT2D eigenvalue weighted by atomic mass is 35.5. The van der Waals surface area contributed by atoms with Crippen LogP contribution in [0.1, 0.15) is 61.3 Å². The average Bonchev–Trinajstić information content (AvgIpc) is 3.77. The van der Waals surface area contributed by atoms with Crippen molar-refractivity contribution in [3.63, 3.8) is 0 Å². The van der Waals surface area contributed by atoms with Crippen LogP contribution in [-0.2, 0) is 25.4 Å². The van der Waals surface area contributed by atoms with E-state index in [1.54, 1.807) is 48.4 Å². The van der Waals surface area contributed by atoms with Crippen molar-refractivity contribution in [2.75, 3.05) is 6.54 Å². The topological polar surface area (TPSA) is 117 Å². The van der Waals surface area contributed by atoms with Crippen molar-refractivity contribution in [1.82, 2.24) is 14.6 Å². The second-order valence-electron chi connectivity index (χ2n) is 11.6. The van der Waals surface area contributed by atoms with Gasteiger partial charge < -0.3 is 10.0 Å². The highest BCUT2D eigenvalue weighted by molar-refractivity contribution is 7.88. The maximum absolute atomic E-state index is 14.5. The molecule has 2 aromatic carbocycles. The summed E-state index contributed by atoms with van der Waals surface area (Å²) in [6, 6.07) is 17.1. The molecule has 0 spiro atoms. The van der Waals surface area contributed by atoms with Gasteiger partial charge in [-0.3, -0.25) is 14.6 Å². The summed E-state index contributed by atoms with van der Waals surface area (Å²) in [5, 5.41) is 10.9. The number of rotatable bonds is 11. The van der Waals surface area contributed by atoms with Gasteiger partial charge in [-0.05, 0) is 72.2 Å². The summed E-state index contributed by atoms with van der Waals surface area (Å²) in [7, 11) is -3.76. The molecule has 2 heterocycles. The molecule has 1 aliphatic carbocycles. The lowest BCUT2D eigenvalue weighted by Gasteiger charge is -2.52. The van der Waals surface area contributed by atoms with Crippen molar-refractivity contribution in [2.45, 2.75) is 56.4 Å². The third kappa shape index (κ3) is 6.97. The number of likely N-dealkylation sites (tertiary alicyclic amines) is 1. The Balaban J connectivity index is 1.58. The first-order chi connectivity index (χ1) is 20.0. The number of carboxylic acid groups (broad SMARTS) is 1. The zero-order valence-corrected chi connectivity index (χ0v) is 25.4. The molecule has 2 N–H and O–H groups in total. The summed E-state index contributed by atoms with van der Waals surface area (Å²) in [6.07, 6.45) is 4.70. The number of piperidine rings is 1. The van der Waals surface area contributed by atoms with E-state index in [0.717, 1.165) is 24.0 Å². The van der Waals surface area contributed by atoms with E-state index in [2.05, 4.69) is 9.71 Å². The zero-order chi connectivity index (χ0) is 30.1. The first-order valence-corrected chi connectivity index (χ1v) is 16.3. The van der Waals surface area contributed by atoms with E-state index in [1.807, 2.05) is 30.3 Å². The van der Waals surface area contributed by atoms with Crippen LogP contribution in [-0.4, -0.2) is 47.9 Å². The number of sulfonamides is 1. The Morgan fingerprint density at radius 2 is 1.83 bits per heavy atom. The molecule has 222 valence electrons. The zero-order valence-electron chi connectivity index (χ0n) is 23.1. The molecule has 1 amide bonds. The van der Waals surface area contributed by atoms with E-state index >= 15 is 0 Å². The second kappa shape index (κ2) is 12.3. The number of hydrogen-bond donors (Lipinski definition) is 2. The molecule has 1 saturated carbocycles. The number of carboxylic acids is 1. The molecule has 0 bridgehead atoms. The molecular formula is C31H33Cl2N3O5S. The van der Waals surface area contributed by atoms with Crippen LogP contribution >= 0.6 is 23.2 Å². The number of carbonyl (C=O) groups excluding carboxylic acids is 1. The standard InChI is InChI=1S/C31H33Cl2N3O5S/c1-31(16-28(37)38)15-26(23-5-2-6-25(33)14-23)29(22-9-11-24(32)12-10-22)36(30(31)39)27(21-7-8-21)18-35-42(40,41)19-20-4-3-13-34-17-20/h2-6,9-14,17,21,26-27,29,35H,7-8,15-16,18-19H2,1H3,(H,37,38)/t26-,27-,29-,31+/m1/s1. The lowest BCUT2D eigenvalue weighted by atomic mass is 9.67. The minimum absolute atomic E-state index is 0.00844. The summed E-state index contributed by atoms with van der Waals surface area (Å²) in [6.45, 7) is 1.71. The first kappa shape index (κ1) is 30.5. The van der Waals surface area contributed by atoms with Crippen molar-refractivity contribution < 1.29 is 23.1 Å². The number of nitrogens with one attached hydrogen (secondary N) is 1. The van der Waals surface area contributed by atoms with Gasteiger partial charge in [-0.25, -0.2) is 13.1 Å². The maximum Gasteiger partial charge on any atom is 0.304 e. The van der Waals surface area contributed by atoms with Gasteiger partial charge in [0.2, 0.25) is 15.9 Å². The van der Waals surface area contributed by atoms with E-state index in [0.29, 0.717) is 15.6 Å². The minimum atomic E-state index is -3.76. The molecule has 0 unspecified atom stereocenters. The Hall–Kier alpha value is -2.98. The fourth-order valence-corrected chi connectivity index (χ4v) is 7.65. The van der Waals surface area contributed by atoms with Gasteiger partial charge in [-0.15, -0.1) is 0 Å². The number of hydrogen-bond acceptors (Lipinski definition) is 5. The lowest BCUT2D eigenvalue weighted by molar-refractivity contribution is -0.161. The third-order valence-electron chi connectivity index (χ3n) is 8.25. The molecule has 1 aliphatic heterocycles. The van der Waals surface area contributed by atoms with Gasteiger partial charge in [0.1, 0.15) is 0 Å². The molecule has 1 saturated heterocycles. The normalized spacial score (nSPS) is 23.5. The average molecular weight is 631 g/mol. The van der Waals surface area contributed by atoms with Crippen LogP contribution in [0.5, 0.6) is 0 Å². The van der Waals surface area contributed by atoms with E-state index in [1.165, 1.54) is 6.20 Å². The lowest BCUT2D eigenvalue weighted by Crippen LogP contribution is -2.59. The number of nitrogens with zero attached hydrogens (tertiary/aromatic N) is 2. The van der Waals surface area contributed by atoms with Gasteiger partial charge in [0.05, 0.1) is 23.6 Å². The highest BCUT2D eigenvalue weighted by Gasteiger charge is 2.54. The summed E-state index contributed by atoms with van der Waals surface area (Å²) < 4.78 is 29.0. The molecule has 2 fully saturated rings. The Morgan fingerprint density at radius 1 is 1.10 bits per heavy atom. The van der Waals surface area contributed by atoms with Crippen LogP contribution in [0.2, 0.25) is 10.0 Å². The fraction of sp³-hybridized carbons (Fsp3) is 0.387. The molecular weight excluding hydrogens is 597 g/mol. The van der Waals surface area contributed by atoms with E-state index < -0.39 is 33.5 Å². The smallest absolute Gasteiger partial charge is 0.304 e. The van der Waals surface area contributed by atoms with Crippen molar-refractivity contribution in [1.29, 1.82) is 0 Å². The predicted octanol–water partition coefficient (Wildman–Crippen LogP) is 5.82. The number of aromatic nitrogens is 1. The van der Waals surface area contributed by atoms with Crippen LogP contribution < -0.4 is 4.72 Å². The van der Waals surface area contributed by atoms with Crippen LogP contribution in [0.3, 0.4) is 0 Å². The Bertz CT molecular complexity index is 1550. The molecule has 0 radical (unpaired) electrons. The Morgan fingerprint density at radius 3 is 2.45 bits per heavy atom. The van der Waals surface area contributed by atoms with Gasteiger partial charge in [0.25, 0.3) is 0 Å². The van der Waals surface area contributed by atoms with Gasteiger partial charge in [-0.1, -0.05) is 60.5 Å². The van der Waals surface area contributed by atoms with Gasteiger partial charge >= 0.3 is 5.97 Å². The van der Waals surface area contributed by atoms with Crippen LogP contribution in [0.25, 0.3) is 0 Å². The van der Waals surface area contributed by atoms with Crippen molar-refractivity contribution in [3.05, 3.63) is 99.8 Å². The SMILES string of the molecule is C[C@@]1(CC(=O)O)C[C@H](c2cccc(Cl)c2)[C@@H](c2ccc(Cl)cc2)N([C@H](CNS(=O)(=O)Cc2cccnc2)C2CC2)C1=O. The number of amides is 1. The first-order valence-electron chi connectivity index (χ1n) is 13.9. The van der Waals surface area contributed by atoms with Gasteiger partial charge in [0, 0.05) is 40.9 Å². The van der Waals surface area contributed by atoms with Gasteiger partial charge in [0.15, 0.2) is 0 Å². The van der Waals surface area contributed by atoms with Crippen LogP contribution in [0.15, 0.2) is 73.1 Å². The summed E-state index contributed by atoms with van der Waals surface area (Å²) in [5.74, 6) is -1.85. The van der Waals surface area contributed by atoms with E-state index in [9.17, 15) is 23.1 Å². The quantitative estimate of drug-likeness (QED) is 0.276. The van der Waals surface area contributed by atoms with Crippen LogP contribution in [0.4, 0.5) is 0 Å².